The summed E-state index contributed by atoms with van der Waals surface area (Å²) in [5.74, 6) is 1.85. The van der Waals surface area contributed by atoms with E-state index in [4.69, 9.17) is 4.74 Å². The van der Waals surface area contributed by atoms with E-state index in [2.05, 4.69) is 37.4 Å². The Bertz CT molecular complexity index is 356. The maximum atomic E-state index is 5.89. The maximum absolute atomic E-state index is 5.89. The summed E-state index contributed by atoms with van der Waals surface area (Å²) in [6.07, 6.45) is 3.83. The molecule has 1 aromatic carbocycles. The van der Waals surface area contributed by atoms with Gasteiger partial charge in [-0.05, 0) is 69.3 Å². The van der Waals surface area contributed by atoms with Crippen LogP contribution in [0.15, 0.2) is 18.2 Å². The SMILES string of the molecule is Cc1ccc(C)c(OCC[C@@H]2CCCNC2)c1. The molecular formula is C15H23NO. The molecule has 0 aliphatic carbocycles. The highest BCUT2D eigenvalue weighted by atomic mass is 16.5. The first-order valence-electron chi connectivity index (χ1n) is 6.66. The molecule has 0 aromatic heterocycles. The molecule has 1 N–H and O–H groups in total. The Hall–Kier alpha value is -1.02. The molecule has 1 saturated heterocycles. The van der Waals surface area contributed by atoms with Crippen LogP contribution in [-0.4, -0.2) is 19.7 Å². The zero-order valence-corrected chi connectivity index (χ0v) is 11.0. The molecular weight excluding hydrogens is 210 g/mol. The lowest BCUT2D eigenvalue weighted by Gasteiger charge is -2.22. The van der Waals surface area contributed by atoms with E-state index in [0.29, 0.717) is 0 Å². The summed E-state index contributed by atoms with van der Waals surface area (Å²) in [5.41, 5.74) is 2.50. The van der Waals surface area contributed by atoms with Gasteiger partial charge in [-0.2, -0.15) is 0 Å². The Morgan fingerprint density at radius 1 is 1.35 bits per heavy atom. The highest BCUT2D eigenvalue weighted by Crippen LogP contribution is 2.20. The smallest absolute Gasteiger partial charge is 0.122 e. The summed E-state index contributed by atoms with van der Waals surface area (Å²) < 4.78 is 5.89. The molecule has 0 unspecified atom stereocenters. The molecule has 0 radical (unpaired) electrons. The van der Waals surface area contributed by atoms with Gasteiger partial charge in [0.2, 0.25) is 0 Å². The van der Waals surface area contributed by atoms with Crippen LogP contribution < -0.4 is 10.1 Å². The monoisotopic (exact) mass is 233 g/mol. The molecule has 1 atom stereocenters. The molecule has 2 heteroatoms. The van der Waals surface area contributed by atoms with Crippen LogP contribution >= 0.6 is 0 Å². The molecule has 17 heavy (non-hydrogen) atoms. The van der Waals surface area contributed by atoms with Gasteiger partial charge in [-0.1, -0.05) is 12.1 Å². The van der Waals surface area contributed by atoms with Crippen molar-refractivity contribution in [3.63, 3.8) is 0 Å². The summed E-state index contributed by atoms with van der Waals surface area (Å²) in [5, 5.41) is 3.45. The highest BCUT2D eigenvalue weighted by molar-refractivity contribution is 5.35. The van der Waals surface area contributed by atoms with Crippen LogP contribution in [0.1, 0.15) is 30.4 Å². The normalized spacial score (nSPS) is 20.2. The molecule has 2 nitrogen and oxygen atoms in total. The Morgan fingerprint density at radius 3 is 3.00 bits per heavy atom. The lowest BCUT2D eigenvalue weighted by Crippen LogP contribution is -2.30. The van der Waals surface area contributed by atoms with Crippen molar-refractivity contribution in [2.45, 2.75) is 33.1 Å². The Morgan fingerprint density at radius 2 is 2.24 bits per heavy atom. The van der Waals surface area contributed by atoms with Gasteiger partial charge < -0.3 is 10.1 Å². The highest BCUT2D eigenvalue weighted by Gasteiger charge is 2.12. The molecule has 94 valence electrons. The molecule has 0 amide bonds. The Balaban J connectivity index is 1.79. The van der Waals surface area contributed by atoms with Gasteiger partial charge in [-0.3, -0.25) is 0 Å². The minimum Gasteiger partial charge on any atom is -0.493 e. The lowest BCUT2D eigenvalue weighted by molar-refractivity contribution is 0.253. The fraction of sp³-hybridized carbons (Fsp3) is 0.600. The predicted octanol–water partition coefficient (Wildman–Crippen LogP) is 3.07. The number of benzene rings is 1. The van der Waals surface area contributed by atoms with Gasteiger partial charge in [0.05, 0.1) is 6.61 Å². The number of rotatable bonds is 4. The van der Waals surface area contributed by atoms with Gasteiger partial charge in [0.25, 0.3) is 0 Å². The number of nitrogens with one attached hydrogen (secondary N) is 1. The largest absolute Gasteiger partial charge is 0.493 e. The quantitative estimate of drug-likeness (QED) is 0.863. The average Bonchev–Trinajstić information content (AvgIpc) is 2.35. The Kier molecular flexibility index (Phi) is 4.43. The molecule has 1 heterocycles. The first-order chi connectivity index (χ1) is 8.25. The fourth-order valence-electron chi connectivity index (χ4n) is 2.37. The first kappa shape index (κ1) is 12.4. The predicted molar refractivity (Wildman–Crippen MR) is 71.6 cm³/mol. The van der Waals surface area contributed by atoms with E-state index in [-0.39, 0.29) is 0 Å². The van der Waals surface area contributed by atoms with Crippen molar-refractivity contribution in [2.75, 3.05) is 19.7 Å². The van der Waals surface area contributed by atoms with Crippen molar-refractivity contribution in [1.82, 2.24) is 5.32 Å². The third kappa shape index (κ3) is 3.74. The van der Waals surface area contributed by atoms with Crippen molar-refractivity contribution >= 4 is 0 Å². The number of piperidine rings is 1. The minimum atomic E-state index is 0.800. The second kappa shape index (κ2) is 6.06. The van der Waals surface area contributed by atoms with Gasteiger partial charge in [0, 0.05) is 0 Å². The fourth-order valence-corrected chi connectivity index (χ4v) is 2.37. The van der Waals surface area contributed by atoms with Gasteiger partial charge >= 0.3 is 0 Å². The van der Waals surface area contributed by atoms with Crippen LogP contribution in [0.3, 0.4) is 0 Å². The van der Waals surface area contributed by atoms with Crippen LogP contribution in [0.5, 0.6) is 5.75 Å². The van der Waals surface area contributed by atoms with E-state index < -0.39 is 0 Å². The second-order valence-corrected chi connectivity index (χ2v) is 5.12. The van der Waals surface area contributed by atoms with E-state index in [1.54, 1.807) is 0 Å². The van der Waals surface area contributed by atoms with Gasteiger partial charge in [-0.15, -0.1) is 0 Å². The second-order valence-electron chi connectivity index (χ2n) is 5.12. The van der Waals surface area contributed by atoms with Crippen LogP contribution in [-0.2, 0) is 0 Å². The van der Waals surface area contributed by atoms with E-state index in [9.17, 15) is 0 Å². The van der Waals surface area contributed by atoms with Gasteiger partial charge in [-0.25, -0.2) is 0 Å². The van der Waals surface area contributed by atoms with Gasteiger partial charge in [0.1, 0.15) is 5.75 Å². The molecule has 1 fully saturated rings. The molecule has 0 saturated carbocycles. The van der Waals surface area contributed by atoms with E-state index in [1.165, 1.54) is 36.9 Å². The molecule has 2 rings (SSSR count). The summed E-state index contributed by atoms with van der Waals surface area (Å²) in [7, 11) is 0. The van der Waals surface area contributed by atoms with Crippen LogP contribution in [0.25, 0.3) is 0 Å². The third-order valence-electron chi connectivity index (χ3n) is 3.53. The van der Waals surface area contributed by atoms with Crippen LogP contribution in [0, 0.1) is 19.8 Å². The van der Waals surface area contributed by atoms with Crippen LogP contribution in [0.2, 0.25) is 0 Å². The zero-order valence-electron chi connectivity index (χ0n) is 11.0. The molecule has 0 spiro atoms. The number of hydrogen-bond donors (Lipinski definition) is 1. The van der Waals surface area contributed by atoms with Gasteiger partial charge in [0.15, 0.2) is 0 Å². The summed E-state index contributed by atoms with van der Waals surface area (Å²) in [6, 6.07) is 6.40. The van der Waals surface area contributed by atoms with E-state index in [0.717, 1.165) is 24.8 Å². The lowest BCUT2D eigenvalue weighted by atomic mass is 9.97. The molecule has 1 aliphatic rings. The summed E-state index contributed by atoms with van der Waals surface area (Å²) >= 11 is 0. The van der Waals surface area contributed by atoms with E-state index >= 15 is 0 Å². The number of hydrogen-bond acceptors (Lipinski definition) is 2. The van der Waals surface area contributed by atoms with Crippen molar-refractivity contribution < 1.29 is 4.74 Å². The maximum Gasteiger partial charge on any atom is 0.122 e. The van der Waals surface area contributed by atoms with Crippen molar-refractivity contribution in [3.8, 4) is 5.75 Å². The standard InChI is InChI=1S/C15H23NO/c1-12-5-6-13(2)15(10-12)17-9-7-14-4-3-8-16-11-14/h5-6,10,14,16H,3-4,7-9,11H2,1-2H3/t14-/m0/s1. The zero-order chi connectivity index (χ0) is 12.1. The minimum absolute atomic E-state index is 0.800. The van der Waals surface area contributed by atoms with Crippen molar-refractivity contribution in [2.24, 2.45) is 5.92 Å². The molecule has 1 aliphatic heterocycles. The number of aryl methyl sites for hydroxylation is 2. The summed E-state index contributed by atoms with van der Waals surface area (Å²) in [4.78, 5) is 0. The Labute approximate surface area is 104 Å². The number of ether oxygens (including phenoxy) is 1. The third-order valence-corrected chi connectivity index (χ3v) is 3.53. The van der Waals surface area contributed by atoms with Crippen molar-refractivity contribution in [1.29, 1.82) is 0 Å². The summed E-state index contributed by atoms with van der Waals surface area (Å²) in [6.45, 7) is 7.41. The topological polar surface area (TPSA) is 21.3 Å². The van der Waals surface area contributed by atoms with E-state index in [1.807, 2.05) is 0 Å². The average molecular weight is 233 g/mol. The van der Waals surface area contributed by atoms with Crippen LogP contribution in [0.4, 0.5) is 0 Å². The van der Waals surface area contributed by atoms with Crippen molar-refractivity contribution in [3.05, 3.63) is 29.3 Å². The molecule has 1 aromatic rings. The molecule has 0 bridgehead atoms. The first-order valence-corrected chi connectivity index (χ1v) is 6.66.